The minimum atomic E-state index is -1.49. The first-order chi connectivity index (χ1) is 12.2. The molecule has 0 fully saturated rings. The maximum absolute atomic E-state index is 2.50. The van der Waals surface area contributed by atoms with Crippen molar-refractivity contribution in [3.8, 4) is 0 Å². The number of rotatable bonds is 2. The fourth-order valence-corrected chi connectivity index (χ4v) is 9.36. The molecule has 0 amide bonds. The van der Waals surface area contributed by atoms with Crippen LogP contribution in [0.15, 0.2) is 78.9 Å². The molecule has 0 bridgehead atoms. The zero-order valence-electron chi connectivity index (χ0n) is 15.2. The maximum Gasteiger partial charge on any atom is 0.0998 e. The molecule has 0 radical (unpaired) electrons. The van der Waals surface area contributed by atoms with Crippen LogP contribution in [-0.4, -0.2) is 5.66 Å². The van der Waals surface area contributed by atoms with Gasteiger partial charge in [-0.25, -0.2) is 0 Å². The van der Waals surface area contributed by atoms with Gasteiger partial charge in [-0.2, -0.15) is 0 Å². The minimum absolute atomic E-state index is 0.698. The lowest BCUT2D eigenvalue weighted by Crippen LogP contribution is -2.31. The summed E-state index contributed by atoms with van der Waals surface area (Å²) in [7, 11) is -1.49. The molecule has 126 valence electrons. The minimum Gasteiger partial charge on any atom is -0.0620 e. The fourth-order valence-electron chi connectivity index (χ4n) is 4.44. The van der Waals surface area contributed by atoms with Crippen LogP contribution < -0.4 is 10.6 Å². The molecule has 0 N–H and O–H groups in total. The van der Waals surface area contributed by atoms with Gasteiger partial charge in [-0.1, -0.05) is 54.6 Å². The topological polar surface area (TPSA) is 0 Å². The van der Waals surface area contributed by atoms with Gasteiger partial charge < -0.3 is 0 Å². The van der Waals surface area contributed by atoms with Crippen LogP contribution >= 0.6 is 7.26 Å². The second kappa shape index (κ2) is 6.77. The molecule has 0 spiro atoms. The highest BCUT2D eigenvalue weighted by atomic mass is 31.2. The standard InChI is InChI=1S/C24H26P/c1-19-10-9-11-21-17-16-20(2)25(18-24(19)21,22-12-5-3-6-13-22)23-14-7-4-8-15-23/h3-15,20H,16-18H2,1-2H3/q+1. The second-order valence-corrected chi connectivity index (χ2v) is 11.3. The summed E-state index contributed by atoms with van der Waals surface area (Å²) < 4.78 is 0. The highest BCUT2D eigenvalue weighted by molar-refractivity contribution is 7.89. The first kappa shape index (κ1) is 16.6. The molecule has 1 atom stereocenters. The molecule has 1 aliphatic rings. The van der Waals surface area contributed by atoms with Gasteiger partial charge in [-0.15, -0.1) is 0 Å². The molecule has 0 saturated heterocycles. The largest absolute Gasteiger partial charge is 0.0998 e. The molecule has 1 unspecified atom stereocenters. The Kier molecular flexibility index (Phi) is 4.48. The Morgan fingerprint density at radius 3 is 1.96 bits per heavy atom. The normalized spacial score (nSPS) is 19.0. The third kappa shape index (κ3) is 2.83. The van der Waals surface area contributed by atoms with E-state index in [-0.39, 0.29) is 0 Å². The molecular weight excluding hydrogens is 319 g/mol. The van der Waals surface area contributed by atoms with E-state index < -0.39 is 7.26 Å². The highest BCUT2D eigenvalue weighted by Gasteiger charge is 2.49. The van der Waals surface area contributed by atoms with Crippen molar-refractivity contribution in [1.29, 1.82) is 0 Å². The number of hydrogen-bond acceptors (Lipinski definition) is 0. The maximum atomic E-state index is 2.50. The Labute approximate surface area is 152 Å². The van der Waals surface area contributed by atoms with E-state index in [1.807, 2.05) is 0 Å². The number of hydrogen-bond donors (Lipinski definition) is 0. The van der Waals surface area contributed by atoms with Crippen LogP contribution in [0.1, 0.15) is 30.0 Å². The summed E-state index contributed by atoms with van der Waals surface area (Å²) in [5.41, 5.74) is 5.33. The summed E-state index contributed by atoms with van der Waals surface area (Å²) in [5.74, 6) is 0. The van der Waals surface area contributed by atoms with Crippen LogP contribution in [0.5, 0.6) is 0 Å². The van der Waals surface area contributed by atoms with E-state index in [1.54, 1.807) is 21.7 Å². The van der Waals surface area contributed by atoms with Gasteiger partial charge in [0.05, 0.1) is 29.7 Å². The van der Waals surface area contributed by atoms with Gasteiger partial charge in [-0.05, 0) is 67.6 Å². The zero-order chi connectivity index (χ0) is 17.3. The van der Waals surface area contributed by atoms with E-state index in [2.05, 4.69) is 92.7 Å². The molecule has 4 rings (SSSR count). The van der Waals surface area contributed by atoms with Crippen molar-refractivity contribution >= 4 is 17.9 Å². The molecule has 0 aliphatic carbocycles. The highest BCUT2D eigenvalue weighted by Crippen LogP contribution is 2.65. The second-order valence-electron chi connectivity index (χ2n) is 7.30. The van der Waals surface area contributed by atoms with Crippen molar-refractivity contribution < 1.29 is 0 Å². The van der Waals surface area contributed by atoms with E-state index in [0.717, 1.165) is 0 Å². The summed E-state index contributed by atoms with van der Waals surface area (Å²) in [6.45, 7) is 4.79. The molecule has 1 heteroatoms. The Balaban J connectivity index is 1.98. The third-order valence-electron chi connectivity index (χ3n) is 5.93. The summed E-state index contributed by atoms with van der Waals surface area (Å²) >= 11 is 0. The predicted molar refractivity (Wildman–Crippen MR) is 112 cm³/mol. The first-order valence-electron chi connectivity index (χ1n) is 9.28. The van der Waals surface area contributed by atoms with Crippen molar-refractivity contribution in [2.24, 2.45) is 0 Å². The quantitative estimate of drug-likeness (QED) is 0.538. The summed E-state index contributed by atoms with van der Waals surface area (Å²) in [6, 6.07) is 29.5. The van der Waals surface area contributed by atoms with Crippen LogP contribution in [0.3, 0.4) is 0 Å². The predicted octanol–water partition coefficient (Wildman–Crippen LogP) is 5.50. The fraction of sp³-hybridized carbons (Fsp3) is 0.250. The number of benzene rings is 3. The Bertz CT molecular complexity index is 812. The summed E-state index contributed by atoms with van der Waals surface area (Å²) in [5, 5.41) is 3.12. The van der Waals surface area contributed by atoms with Gasteiger partial charge in [0.25, 0.3) is 0 Å². The lowest BCUT2D eigenvalue weighted by atomic mass is 9.99. The van der Waals surface area contributed by atoms with E-state index in [1.165, 1.54) is 24.6 Å². The summed E-state index contributed by atoms with van der Waals surface area (Å²) in [4.78, 5) is 0. The molecule has 3 aromatic carbocycles. The van der Waals surface area contributed by atoms with E-state index in [9.17, 15) is 0 Å². The van der Waals surface area contributed by atoms with Crippen molar-refractivity contribution in [2.75, 3.05) is 0 Å². The Morgan fingerprint density at radius 2 is 1.36 bits per heavy atom. The lowest BCUT2D eigenvalue weighted by molar-refractivity contribution is 0.806. The number of aryl methyl sites for hydroxylation is 2. The molecule has 25 heavy (non-hydrogen) atoms. The van der Waals surface area contributed by atoms with Crippen LogP contribution in [0.4, 0.5) is 0 Å². The van der Waals surface area contributed by atoms with Crippen LogP contribution in [0.25, 0.3) is 0 Å². The molecule has 0 aromatic heterocycles. The third-order valence-corrected chi connectivity index (χ3v) is 10.9. The van der Waals surface area contributed by atoms with Gasteiger partial charge in [0, 0.05) is 0 Å². The van der Waals surface area contributed by atoms with Gasteiger partial charge in [0.1, 0.15) is 0 Å². The van der Waals surface area contributed by atoms with Crippen molar-refractivity contribution in [2.45, 2.75) is 38.5 Å². The lowest BCUT2D eigenvalue weighted by Gasteiger charge is -2.32. The van der Waals surface area contributed by atoms with Gasteiger partial charge in [0.15, 0.2) is 0 Å². The molecular formula is C24H26P+. The molecule has 1 heterocycles. The van der Waals surface area contributed by atoms with Crippen molar-refractivity contribution in [1.82, 2.24) is 0 Å². The van der Waals surface area contributed by atoms with Crippen LogP contribution in [0.2, 0.25) is 0 Å². The SMILES string of the molecule is Cc1cccc2c1C[P+](c1ccccc1)(c1ccccc1)C(C)CC2. The van der Waals surface area contributed by atoms with E-state index in [4.69, 9.17) is 0 Å². The molecule has 0 nitrogen and oxygen atoms in total. The van der Waals surface area contributed by atoms with E-state index >= 15 is 0 Å². The van der Waals surface area contributed by atoms with Gasteiger partial charge >= 0.3 is 0 Å². The molecule has 0 saturated carbocycles. The van der Waals surface area contributed by atoms with Gasteiger partial charge in [0.2, 0.25) is 0 Å². The number of fused-ring (bicyclic) bond motifs is 1. The average Bonchev–Trinajstić information content (AvgIpc) is 2.82. The van der Waals surface area contributed by atoms with E-state index in [0.29, 0.717) is 5.66 Å². The van der Waals surface area contributed by atoms with Crippen molar-refractivity contribution in [3.05, 3.63) is 95.6 Å². The summed E-state index contributed by atoms with van der Waals surface area (Å²) in [6.07, 6.45) is 3.68. The Hall–Kier alpha value is -1.91. The average molecular weight is 345 g/mol. The van der Waals surface area contributed by atoms with Crippen molar-refractivity contribution in [3.63, 3.8) is 0 Å². The van der Waals surface area contributed by atoms with Crippen LogP contribution in [0, 0.1) is 6.92 Å². The smallest absolute Gasteiger partial charge is 0.0620 e. The van der Waals surface area contributed by atoms with Gasteiger partial charge in [-0.3, -0.25) is 0 Å². The first-order valence-corrected chi connectivity index (χ1v) is 11.3. The zero-order valence-corrected chi connectivity index (χ0v) is 16.0. The molecule has 3 aromatic rings. The monoisotopic (exact) mass is 345 g/mol. The van der Waals surface area contributed by atoms with Crippen LogP contribution in [-0.2, 0) is 12.6 Å². The molecule has 1 aliphatic heterocycles. The Morgan fingerprint density at radius 1 is 0.760 bits per heavy atom.